The highest BCUT2D eigenvalue weighted by molar-refractivity contribution is 8.00. The number of anilines is 2. The Morgan fingerprint density at radius 3 is 2.32 bits per heavy atom. The van der Waals surface area contributed by atoms with E-state index in [1.54, 1.807) is 31.2 Å². The van der Waals surface area contributed by atoms with E-state index in [0.29, 0.717) is 15.7 Å². The van der Waals surface area contributed by atoms with Gasteiger partial charge in [0.15, 0.2) is 5.13 Å². The summed E-state index contributed by atoms with van der Waals surface area (Å²) < 4.78 is 0.985. The van der Waals surface area contributed by atoms with Crippen molar-refractivity contribution in [2.75, 3.05) is 10.6 Å². The summed E-state index contributed by atoms with van der Waals surface area (Å²) in [4.78, 5) is 42.7. The van der Waals surface area contributed by atoms with Gasteiger partial charge in [-0.05, 0) is 49.7 Å². The number of thiazole rings is 1. The molecule has 13 heteroatoms. The third-order valence-electron chi connectivity index (χ3n) is 5.26. The molecule has 3 aromatic carbocycles. The number of nitrogens with zero attached hydrogens (tertiary/aromatic N) is 1. The molecule has 1 aromatic heterocycles. The summed E-state index contributed by atoms with van der Waals surface area (Å²) in [6, 6.07) is 12.6. The average Bonchev–Trinajstić information content (AvgIpc) is 3.25. The number of aryl methyl sites for hydroxylation is 1. The molecule has 0 aliphatic rings. The molecule has 38 heavy (non-hydrogen) atoms. The lowest BCUT2D eigenvalue weighted by molar-refractivity contribution is -0.115. The molecule has 0 fully saturated rings. The molecule has 0 aliphatic carbocycles. The van der Waals surface area contributed by atoms with Crippen LogP contribution < -0.4 is 10.6 Å². The first-order valence-electron chi connectivity index (χ1n) is 10.8. The number of hydrogen-bond acceptors (Lipinski definition) is 6. The summed E-state index contributed by atoms with van der Waals surface area (Å²) in [6.45, 7) is 3.74. The predicted octanol–water partition coefficient (Wildman–Crippen LogP) is 8.29. The number of halogens is 4. The van der Waals surface area contributed by atoms with Gasteiger partial charge in [-0.25, -0.2) is 9.78 Å². The topological polar surface area (TPSA) is 108 Å². The van der Waals surface area contributed by atoms with Gasteiger partial charge in [0.05, 0.1) is 46.7 Å². The van der Waals surface area contributed by atoms with E-state index in [0.717, 1.165) is 15.8 Å². The Morgan fingerprint density at radius 2 is 1.63 bits per heavy atom. The molecule has 1 unspecified atom stereocenters. The standard InChI is InChI=1S/C25H17Cl4N3O4S2/c1-10-6-7-14-15(8-10)38-25(31-14)32-22(33)11(2)37-13-5-3-4-12(9-13)30-23(34)16-17(24(35)36)19(27)21(29)20(28)18(16)26/h3-9,11H,1-2H3,(H,30,34)(H,35,36)(H,31,32,33). The van der Waals surface area contributed by atoms with E-state index < -0.39 is 33.3 Å². The van der Waals surface area contributed by atoms with E-state index in [1.165, 1.54) is 23.1 Å². The largest absolute Gasteiger partial charge is 0.478 e. The first-order chi connectivity index (χ1) is 18.0. The van der Waals surface area contributed by atoms with E-state index in [4.69, 9.17) is 46.4 Å². The molecule has 3 N–H and O–H groups in total. The highest BCUT2D eigenvalue weighted by atomic mass is 35.5. The molecule has 1 heterocycles. The second-order valence-corrected chi connectivity index (χ2v) is 12.0. The average molecular weight is 629 g/mol. The number of benzene rings is 3. The van der Waals surface area contributed by atoms with Crippen molar-refractivity contribution in [1.29, 1.82) is 0 Å². The quantitative estimate of drug-likeness (QED) is 0.108. The molecule has 0 saturated heterocycles. The number of amides is 2. The number of aromatic nitrogens is 1. The Bertz CT molecular complexity index is 1610. The predicted molar refractivity (Wildman–Crippen MR) is 156 cm³/mol. The normalized spacial score (nSPS) is 11.8. The molecular formula is C25H17Cl4N3O4S2. The molecule has 4 rings (SSSR count). The smallest absolute Gasteiger partial charge is 0.338 e. The van der Waals surface area contributed by atoms with Crippen LogP contribution in [0.25, 0.3) is 10.2 Å². The van der Waals surface area contributed by atoms with Crippen LogP contribution in [0.15, 0.2) is 47.4 Å². The van der Waals surface area contributed by atoms with Crippen molar-refractivity contribution in [3.63, 3.8) is 0 Å². The lowest BCUT2D eigenvalue weighted by Gasteiger charge is -2.15. The monoisotopic (exact) mass is 627 g/mol. The molecule has 0 radical (unpaired) electrons. The Morgan fingerprint density at radius 1 is 0.947 bits per heavy atom. The van der Waals surface area contributed by atoms with Crippen molar-refractivity contribution in [1.82, 2.24) is 4.98 Å². The molecule has 7 nitrogen and oxygen atoms in total. The fraction of sp³-hybridized carbons (Fsp3) is 0.120. The van der Waals surface area contributed by atoms with Crippen LogP contribution in [0.5, 0.6) is 0 Å². The molecule has 0 spiro atoms. The summed E-state index contributed by atoms with van der Waals surface area (Å²) in [6.07, 6.45) is 0. The number of nitrogens with one attached hydrogen (secondary N) is 2. The fourth-order valence-electron chi connectivity index (χ4n) is 3.44. The first kappa shape index (κ1) is 28.5. The summed E-state index contributed by atoms with van der Waals surface area (Å²) in [5.41, 5.74) is 1.27. The lowest BCUT2D eigenvalue weighted by atomic mass is 10.1. The summed E-state index contributed by atoms with van der Waals surface area (Å²) in [5, 5.41) is 13.8. The molecule has 196 valence electrons. The third-order valence-corrected chi connectivity index (χ3v) is 9.09. The van der Waals surface area contributed by atoms with Gasteiger partial charge in [-0.15, -0.1) is 11.8 Å². The van der Waals surface area contributed by atoms with Crippen molar-refractivity contribution >= 4 is 108 Å². The van der Waals surface area contributed by atoms with Gasteiger partial charge < -0.3 is 15.7 Å². The maximum Gasteiger partial charge on any atom is 0.338 e. The van der Waals surface area contributed by atoms with Crippen LogP contribution in [-0.4, -0.2) is 33.1 Å². The van der Waals surface area contributed by atoms with E-state index in [-0.39, 0.29) is 21.0 Å². The highest BCUT2D eigenvalue weighted by Crippen LogP contribution is 2.42. The van der Waals surface area contributed by atoms with Gasteiger partial charge in [0.1, 0.15) is 0 Å². The number of carbonyl (C=O) groups excluding carboxylic acids is 2. The number of thioether (sulfide) groups is 1. The maximum absolute atomic E-state index is 13.0. The van der Waals surface area contributed by atoms with Crippen molar-refractivity contribution in [2.45, 2.75) is 24.0 Å². The van der Waals surface area contributed by atoms with E-state index >= 15 is 0 Å². The number of hydrogen-bond donors (Lipinski definition) is 3. The Balaban J connectivity index is 1.49. The van der Waals surface area contributed by atoms with Gasteiger partial charge >= 0.3 is 5.97 Å². The van der Waals surface area contributed by atoms with Gasteiger partial charge in [-0.3, -0.25) is 9.59 Å². The van der Waals surface area contributed by atoms with E-state index in [9.17, 15) is 19.5 Å². The van der Waals surface area contributed by atoms with Gasteiger partial charge in [0, 0.05) is 10.6 Å². The molecule has 1 atom stereocenters. The molecule has 2 amide bonds. The van der Waals surface area contributed by atoms with Gasteiger partial charge in [-0.1, -0.05) is 69.9 Å². The van der Waals surface area contributed by atoms with Crippen LogP contribution in [0.1, 0.15) is 33.2 Å². The van der Waals surface area contributed by atoms with Crippen LogP contribution in [0, 0.1) is 6.92 Å². The molecule has 0 saturated carbocycles. The van der Waals surface area contributed by atoms with E-state index in [1.807, 2.05) is 25.1 Å². The number of carboxylic acids is 1. The summed E-state index contributed by atoms with van der Waals surface area (Å²) >= 11 is 26.9. The second-order valence-electron chi connectivity index (χ2n) is 8.03. The minimum atomic E-state index is -1.49. The van der Waals surface area contributed by atoms with Gasteiger partial charge in [-0.2, -0.15) is 0 Å². The lowest BCUT2D eigenvalue weighted by Crippen LogP contribution is -2.22. The highest BCUT2D eigenvalue weighted by Gasteiger charge is 2.29. The minimum Gasteiger partial charge on any atom is -0.478 e. The zero-order chi connectivity index (χ0) is 27.7. The molecule has 0 aliphatic heterocycles. The van der Waals surface area contributed by atoms with Crippen LogP contribution in [0.2, 0.25) is 20.1 Å². The number of carboxylic acid groups (broad SMARTS) is 1. The van der Waals surface area contributed by atoms with Crippen LogP contribution >= 0.6 is 69.5 Å². The zero-order valence-electron chi connectivity index (χ0n) is 19.6. The molecule has 0 bridgehead atoms. The Labute approximate surface area is 245 Å². The maximum atomic E-state index is 13.0. The number of rotatable bonds is 7. The van der Waals surface area contributed by atoms with E-state index in [2.05, 4.69) is 15.6 Å². The fourth-order valence-corrected chi connectivity index (χ4v) is 6.35. The Kier molecular flexibility index (Phi) is 8.76. The second kappa shape index (κ2) is 11.7. The number of aromatic carboxylic acids is 1. The molecular weight excluding hydrogens is 612 g/mol. The first-order valence-corrected chi connectivity index (χ1v) is 14.0. The third kappa shape index (κ3) is 6.03. The van der Waals surface area contributed by atoms with Gasteiger partial charge in [0.25, 0.3) is 5.91 Å². The Hall–Kier alpha value is -2.53. The number of carbonyl (C=O) groups is 3. The van der Waals surface area contributed by atoms with Gasteiger partial charge in [0.2, 0.25) is 5.91 Å². The number of fused-ring (bicyclic) bond motifs is 1. The van der Waals surface area contributed by atoms with Crippen LogP contribution in [-0.2, 0) is 4.79 Å². The van der Waals surface area contributed by atoms with Crippen LogP contribution in [0.4, 0.5) is 10.8 Å². The summed E-state index contributed by atoms with van der Waals surface area (Å²) in [5.74, 6) is -2.57. The summed E-state index contributed by atoms with van der Waals surface area (Å²) in [7, 11) is 0. The zero-order valence-corrected chi connectivity index (χ0v) is 24.2. The molecule has 4 aromatic rings. The van der Waals surface area contributed by atoms with Crippen molar-refractivity contribution < 1.29 is 19.5 Å². The van der Waals surface area contributed by atoms with Crippen molar-refractivity contribution in [3.05, 3.63) is 79.2 Å². The van der Waals surface area contributed by atoms with Crippen molar-refractivity contribution in [3.8, 4) is 0 Å². The minimum absolute atomic E-state index is 0.233. The SMILES string of the molecule is Cc1ccc2nc(NC(=O)C(C)Sc3cccc(NC(=O)c4c(Cl)c(Cl)c(Cl)c(Cl)c4C(=O)O)c3)sc2c1. The van der Waals surface area contributed by atoms with Crippen molar-refractivity contribution in [2.24, 2.45) is 0 Å². The van der Waals surface area contributed by atoms with Crippen LogP contribution in [0.3, 0.4) is 0 Å².